The SMILES string of the molecule is [2H]C([2H])([2H])CC(C)C(=O)OCCC. The minimum atomic E-state index is -2.05. The summed E-state index contributed by atoms with van der Waals surface area (Å²) >= 11 is 0. The van der Waals surface area contributed by atoms with Crippen molar-refractivity contribution in [1.82, 2.24) is 0 Å². The van der Waals surface area contributed by atoms with Crippen LogP contribution in [0.3, 0.4) is 0 Å². The van der Waals surface area contributed by atoms with E-state index in [-0.39, 0.29) is 6.42 Å². The molecule has 0 spiro atoms. The van der Waals surface area contributed by atoms with E-state index in [0.717, 1.165) is 6.42 Å². The van der Waals surface area contributed by atoms with Crippen molar-refractivity contribution in [3.63, 3.8) is 0 Å². The van der Waals surface area contributed by atoms with Crippen molar-refractivity contribution >= 4 is 5.97 Å². The van der Waals surface area contributed by atoms with Crippen LogP contribution in [0.15, 0.2) is 0 Å². The van der Waals surface area contributed by atoms with E-state index >= 15 is 0 Å². The van der Waals surface area contributed by atoms with Gasteiger partial charge in [-0.2, -0.15) is 0 Å². The Balaban J connectivity index is 3.83. The molecular formula is C8H16O2. The van der Waals surface area contributed by atoms with Gasteiger partial charge in [-0.05, 0) is 12.8 Å². The molecule has 0 heterocycles. The Kier molecular flexibility index (Phi) is 2.72. The number of esters is 1. The summed E-state index contributed by atoms with van der Waals surface area (Å²) in [4.78, 5) is 11.1. The Hall–Kier alpha value is -0.530. The molecular weight excluding hydrogens is 128 g/mol. The third-order valence-corrected chi connectivity index (χ3v) is 1.16. The standard InChI is InChI=1S/C8H16O2/c1-4-6-10-8(9)7(3)5-2/h7H,4-6H2,1-3H3/i2D3. The van der Waals surface area contributed by atoms with Crippen molar-refractivity contribution < 1.29 is 13.6 Å². The molecule has 10 heavy (non-hydrogen) atoms. The van der Waals surface area contributed by atoms with E-state index in [1.54, 1.807) is 6.92 Å². The van der Waals surface area contributed by atoms with Crippen molar-refractivity contribution in [2.75, 3.05) is 6.61 Å². The molecule has 0 radical (unpaired) electrons. The van der Waals surface area contributed by atoms with Gasteiger partial charge in [-0.15, -0.1) is 0 Å². The van der Waals surface area contributed by atoms with Crippen molar-refractivity contribution in [1.29, 1.82) is 0 Å². The second-order valence-electron chi connectivity index (χ2n) is 2.27. The second kappa shape index (κ2) is 5.27. The van der Waals surface area contributed by atoms with Crippen LogP contribution in [-0.2, 0) is 9.53 Å². The van der Waals surface area contributed by atoms with E-state index in [2.05, 4.69) is 0 Å². The third-order valence-electron chi connectivity index (χ3n) is 1.16. The van der Waals surface area contributed by atoms with Gasteiger partial charge in [-0.3, -0.25) is 4.79 Å². The fourth-order valence-corrected chi connectivity index (χ4v) is 0.428. The Labute approximate surface area is 66.8 Å². The summed E-state index contributed by atoms with van der Waals surface area (Å²) in [7, 11) is 0. The Morgan fingerprint density at radius 3 is 3.00 bits per heavy atom. The van der Waals surface area contributed by atoms with Gasteiger partial charge in [-0.1, -0.05) is 20.7 Å². The Morgan fingerprint density at radius 1 is 1.80 bits per heavy atom. The van der Waals surface area contributed by atoms with Gasteiger partial charge in [0.1, 0.15) is 0 Å². The van der Waals surface area contributed by atoms with Gasteiger partial charge < -0.3 is 4.74 Å². The molecule has 2 nitrogen and oxygen atoms in total. The van der Waals surface area contributed by atoms with Gasteiger partial charge in [0, 0.05) is 4.11 Å². The first-order chi connectivity index (χ1) is 5.87. The Morgan fingerprint density at radius 2 is 2.50 bits per heavy atom. The van der Waals surface area contributed by atoms with Crippen LogP contribution in [0, 0.1) is 5.92 Å². The molecule has 60 valence electrons. The minimum absolute atomic E-state index is 0.116. The van der Waals surface area contributed by atoms with Crippen LogP contribution >= 0.6 is 0 Å². The van der Waals surface area contributed by atoms with Gasteiger partial charge in [0.25, 0.3) is 0 Å². The van der Waals surface area contributed by atoms with E-state index in [1.165, 1.54) is 0 Å². The molecule has 1 unspecified atom stereocenters. The maximum absolute atomic E-state index is 11.1. The first kappa shape index (κ1) is 5.16. The van der Waals surface area contributed by atoms with Crippen LogP contribution in [0.25, 0.3) is 0 Å². The summed E-state index contributed by atoms with van der Waals surface area (Å²) in [5.41, 5.74) is 0. The normalized spacial score (nSPS) is 18.4. The maximum Gasteiger partial charge on any atom is 0.308 e. The lowest BCUT2D eigenvalue weighted by Crippen LogP contribution is -2.14. The molecule has 0 rings (SSSR count). The summed E-state index contributed by atoms with van der Waals surface area (Å²) in [5, 5.41) is 0. The molecule has 0 saturated carbocycles. The van der Waals surface area contributed by atoms with Gasteiger partial charge in [-0.25, -0.2) is 0 Å². The minimum Gasteiger partial charge on any atom is -0.465 e. The van der Waals surface area contributed by atoms with E-state index < -0.39 is 18.7 Å². The molecule has 0 aliphatic carbocycles. The highest BCUT2D eigenvalue weighted by Gasteiger charge is 2.10. The van der Waals surface area contributed by atoms with Crippen LogP contribution in [0.4, 0.5) is 0 Å². The summed E-state index contributed by atoms with van der Waals surface area (Å²) < 4.78 is 25.7. The van der Waals surface area contributed by atoms with Crippen molar-refractivity contribution in [3.8, 4) is 0 Å². The van der Waals surface area contributed by atoms with Gasteiger partial charge in [0.05, 0.1) is 12.5 Å². The number of ether oxygens (including phenoxy) is 1. The maximum atomic E-state index is 11.1. The smallest absolute Gasteiger partial charge is 0.308 e. The molecule has 0 aromatic heterocycles. The second-order valence-corrected chi connectivity index (χ2v) is 2.27. The lowest BCUT2D eigenvalue weighted by atomic mass is 10.1. The van der Waals surface area contributed by atoms with Crippen molar-refractivity contribution in [3.05, 3.63) is 0 Å². The molecule has 0 fully saturated rings. The quantitative estimate of drug-likeness (QED) is 0.568. The first-order valence-corrected chi connectivity index (χ1v) is 3.53. The number of rotatable bonds is 4. The molecule has 0 amide bonds. The van der Waals surface area contributed by atoms with Crippen molar-refractivity contribution in [2.45, 2.75) is 33.5 Å². The summed E-state index contributed by atoms with van der Waals surface area (Å²) in [5.74, 6) is -0.961. The highest BCUT2D eigenvalue weighted by atomic mass is 16.5. The zero-order valence-electron chi connectivity index (χ0n) is 9.52. The van der Waals surface area contributed by atoms with Crippen LogP contribution in [-0.4, -0.2) is 12.6 Å². The van der Waals surface area contributed by atoms with Crippen LogP contribution in [0.5, 0.6) is 0 Å². The number of carbonyl (C=O) groups is 1. The predicted molar refractivity (Wildman–Crippen MR) is 40.7 cm³/mol. The zero-order valence-corrected chi connectivity index (χ0v) is 6.52. The van der Waals surface area contributed by atoms with E-state index in [4.69, 9.17) is 8.85 Å². The topological polar surface area (TPSA) is 26.3 Å². The van der Waals surface area contributed by atoms with Gasteiger partial charge >= 0.3 is 5.97 Å². The summed E-state index contributed by atoms with van der Waals surface area (Å²) in [6.07, 6.45) is 0.641. The lowest BCUT2D eigenvalue weighted by molar-refractivity contribution is -0.148. The fraction of sp³-hybridized carbons (Fsp3) is 0.875. The largest absolute Gasteiger partial charge is 0.465 e. The third kappa shape index (κ3) is 3.49. The molecule has 1 atom stereocenters. The first-order valence-electron chi connectivity index (χ1n) is 5.03. The zero-order chi connectivity index (χ0) is 10.5. The Bertz CT molecular complexity index is 165. The van der Waals surface area contributed by atoms with E-state index in [0.29, 0.717) is 6.61 Å². The fourth-order valence-electron chi connectivity index (χ4n) is 0.428. The lowest BCUT2D eigenvalue weighted by Gasteiger charge is -2.07. The van der Waals surface area contributed by atoms with E-state index in [9.17, 15) is 4.79 Å². The molecule has 0 aliphatic heterocycles. The van der Waals surface area contributed by atoms with Crippen molar-refractivity contribution in [2.24, 2.45) is 5.92 Å². The van der Waals surface area contributed by atoms with Crippen LogP contribution < -0.4 is 0 Å². The molecule has 0 bridgehead atoms. The van der Waals surface area contributed by atoms with Crippen LogP contribution in [0.2, 0.25) is 0 Å². The molecule has 0 N–H and O–H groups in total. The summed E-state index contributed by atoms with van der Waals surface area (Å²) in [6, 6.07) is 0. The summed E-state index contributed by atoms with van der Waals surface area (Å²) in [6.45, 7) is 1.78. The average molecular weight is 147 g/mol. The molecule has 0 aromatic rings. The number of hydrogen-bond donors (Lipinski definition) is 0. The molecule has 0 aliphatic rings. The van der Waals surface area contributed by atoms with E-state index in [1.807, 2.05) is 6.92 Å². The molecule has 2 heteroatoms. The average Bonchev–Trinajstić information content (AvgIpc) is 1.96. The van der Waals surface area contributed by atoms with Gasteiger partial charge in [0.2, 0.25) is 0 Å². The van der Waals surface area contributed by atoms with Crippen LogP contribution in [0.1, 0.15) is 37.7 Å². The van der Waals surface area contributed by atoms with Gasteiger partial charge in [0.15, 0.2) is 0 Å². The highest BCUT2D eigenvalue weighted by Crippen LogP contribution is 2.02. The monoisotopic (exact) mass is 147 g/mol. The number of carbonyl (C=O) groups excluding carboxylic acids is 1. The molecule has 0 saturated heterocycles. The predicted octanol–water partition coefficient (Wildman–Crippen LogP) is 1.99. The molecule has 0 aromatic carbocycles. The highest BCUT2D eigenvalue weighted by molar-refractivity contribution is 5.71. The number of hydrogen-bond acceptors (Lipinski definition) is 2.